The molecule has 0 unspecified atom stereocenters. The van der Waals surface area contributed by atoms with Crippen molar-refractivity contribution >= 4 is 22.0 Å². The number of guanidine groups is 1. The highest BCUT2D eigenvalue weighted by molar-refractivity contribution is 7.99. The predicted octanol–water partition coefficient (Wildman–Crippen LogP) is 0.809. The van der Waals surface area contributed by atoms with Crippen molar-refractivity contribution in [1.82, 2.24) is 9.03 Å². The molecule has 2 heterocycles. The van der Waals surface area contributed by atoms with Crippen molar-refractivity contribution in [2.75, 3.05) is 18.8 Å². The van der Waals surface area contributed by atoms with Crippen molar-refractivity contribution in [2.24, 2.45) is 10.7 Å². The second kappa shape index (κ2) is 5.78. The zero-order valence-corrected chi connectivity index (χ0v) is 14.1. The third kappa shape index (κ3) is 2.75. The monoisotopic (exact) mass is 357 g/mol. The van der Waals surface area contributed by atoms with Crippen LogP contribution in [0.15, 0.2) is 23.2 Å². The number of nitrogens with zero attached hydrogens (tertiary/aromatic N) is 3. The molecule has 1 fully saturated rings. The van der Waals surface area contributed by atoms with Crippen LogP contribution in [0, 0.1) is 15.9 Å². The first-order valence-corrected chi connectivity index (χ1v) is 9.52. The second-order valence-electron chi connectivity index (χ2n) is 6.26. The third-order valence-corrected chi connectivity index (χ3v) is 7.38. The number of nitrogens with one attached hydrogen (secondary N) is 1. The summed E-state index contributed by atoms with van der Waals surface area (Å²) in [6, 6.07) is 3.27. The lowest BCUT2D eigenvalue weighted by Crippen LogP contribution is -2.60. The molecule has 1 atom stereocenters. The number of nitro benzene ring substituents is 1. The first kappa shape index (κ1) is 16.8. The summed E-state index contributed by atoms with van der Waals surface area (Å²) < 4.78 is 32.3. The number of nitrogens with two attached hydrogens (primary N) is 1. The van der Waals surface area contributed by atoms with Crippen LogP contribution in [0.3, 0.4) is 0 Å². The average molecular weight is 357 g/mol. The van der Waals surface area contributed by atoms with Crippen LogP contribution in [0.1, 0.15) is 25.3 Å². The van der Waals surface area contributed by atoms with Crippen LogP contribution in [0.2, 0.25) is 0 Å². The van der Waals surface area contributed by atoms with Crippen molar-refractivity contribution in [3.05, 3.63) is 39.7 Å². The van der Waals surface area contributed by atoms with E-state index in [2.05, 4.69) is 9.71 Å². The van der Waals surface area contributed by atoms with Gasteiger partial charge < -0.3 is 5.73 Å². The molecule has 132 valence electrons. The highest BCUT2D eigenvalue weighted by atomic mass is 32.3. The van der Waals surface area contributed by atoms with Gasteiger partial charge in [-0.2, -0.15) is 0 Å². The molecule has 2 aliphatic rings. The van der Waals surface area contributed by atoms with Crippen LogP contribution >= 0.6 is 0 Å². The fourth-order valence-electron chi connectivity index (χ4n) is 3.26. The van der Waals surface area contributed by atoms with Crippen molar-refractivity contribution in [2.45, 2.75) is 25.3 Å². The molecule has 24 heavy (non-hydrogen) atoms. The van der Waals surface area contributed by atoms with Gasteiger partial charge in [-0.25, -0.2) is 14.1 Å². The Morgan fingerprint density at radius 2 is 2.25 bits per heavy atom. The molecule has 2 aliphatic heterocycles. The predicted molar refractivity (Wildman–Crippen MR) is 90.4 cm³/mol. The number of hydrogen-bond acceptors (Lipinski definition) is 5. The second-order valence-corrected chi connectivity index (χ2v) is 8.78. The minimum atomic E-state index is -3.07. The zero-order chi connectivity index (χ0) is 17.5. The van der Waals surface area contributed by atoms with Gasteiger partial charge in [-0.1, -0.05) is 0 Å². The lowest BCUT2D eigenvalue weighted by molar-refractivity contribution is -0.385. The van der Waals surface area contributed by atoms with Gasteiger partial charge in [-0.15, -0.1) is 0 Å². The molecule has 0 amide bonds. The zero-order valence-electron chi connectivity index (χ0n) is 13.2. The van der Waals surface area contributed by atoms with Crippen LogP contribution in [-0.4, -0.2) is 38.2 Å². The third-order valence-electron chi connectivity index (χ3n) is 4.43. The number of fused-ring (bicyclic) bond motifs is 1. The highest BCUT2D eigenvalue weighted by Crippen LogP contribution is 2.37. The van der Waals surface area contributed by atoms with Gasteiger partial charge in [0.1, 0.15) is 11.4 Å². The fraction of sp³-hybridized carbons (Fsp3) is 0.500. The number of nitro groups is 1. The Morgan fingerprint density at radius 1 is 1.50 bits per heavy atom. The van der Waals surface area contributed by atoms with E-state index in [1.807, 2.05) is 0 Å². The molecule has 8 nitrogen and oxygen atoms in total. The average Bonchev–Trinajstić information content (AvgIpc) is 2.68. The van der Waals surface area contributed by atoms with Crippen molar-refractivity contribution < 1.29 is 13.5 Å². The van der Waals surface area contributed by atoms with E-state index >= 15 is 0 Å². The van der Waals surface area contributed by atoms with Gasteiger partial charge in [0.25, 0.3) is 5.69 Å². The van der Waals surface area contributed by atoms with Crippen molar-refractivity contribution in [1.29, 1.82) is 0 Å². The molecular formula is C14H20FN5O3S. The Hall–Kier alpha value is -2.07. The van der Waals surface area contributed by atoms with Gasteiger partial charge in [0.05, 0.1) is 10.7 Å². The van der Waals surface area contributed by atoms with Crippen molar-refractivity contribution in [3.63, 3.8) is 0 Å². The van der Waals surface area contributed by atoms with Gasteiger partial charge in [0, 0.05) is 41.1 Å². The molecule has 10 heteroatoms. The summed E-state index contributed by atoms with van der Waals surface area (Å²) in [5.41, 5.74) is 4.57. The van der Waals surface area contributed by atoms with E-state index in [9.17, 15) is 18.7 Å². The van der Waals surface area contributed by atoms with Crippen LogP contribution in [-0.2, 0) is 15.8 Å². The molecule has 3 rings (SSSR count). The number of halogens is 1. The Bertz CT molecular complexity index is 771. The minimum absolute atomic E-state index is 0.0266. The maximum absolute atomic E-state index is 14.4. The molecule has 1 aromatic carbocycles. The summed E-state index contributed by atoms with van der Waals surface area (Å²) in [5.74, 6) is -0.527. The van der Waals surface area contributed by atoms with E-state index in [1.165, 1.54) is 0 Å². The van der Waals surface area contributed by atoms with E-state index < -0.39 is 26.6 Å². The Kier molecular flexibility index (Phi) is 4.04. The molecule has 0 aromatic heterocycles. The van der Waals surface area contributed by atoms with Gasteiger partial charge >= 0.3 is 0 Å². The maximum atomic E-state index is 14.4. The minimum Gasteiger partial charge on any atom is -0.369 e. The summed E-state index contributed by atoms with van der Waals surface area (Å²) in [7, 11) is -3.07. The highest BCUT2D eigenvalue weighted by Gasteiger charge is 2.43. The normalized spacial score (nSPS) is 27.6. The van der Waals surface area contributed by atoms with Gasteiger partial charge in [-0.05, 0) is 25.8 Å². The summed E-state index contributed by atoms with van der Waals surface area (Å²) in [4.78, 5) is 14.8. The lowest BCUT2D eigenvalue weighted by atomic mass is 9.93. The van der Waals surface area contributed by atoms with E-state index in [1.54, 1.807) is 11.2 Å². The molecule has 3 N–H and O–H groups in total. The summed E-state index contributed by atoms with van der Waals surface area (Å²) in [6.45, 7) is 2.70. The number of benzene rings is 1. The Balaban J connectivity index is 2.11. The standard InChI is InChI=1S/C14H20FN5O3S/c1-14(11-8-10(20(21)22)4-5-12(11)15)9-24(23)17-6-2-3-7-19(24)13(16)18-14/h4-5,8,24H,2-3,6-7,9H2,1H3,(H2,16,18)(H,17,23)/t14-/m0/s1. The summed E-state index contributed by atoms with van der Waals surface area (Å²) in [6.07, 6.45) is 1.69. The lowest BCUT2D eigenvalue weighted by Gasteiger charge is -2.45. The maximum Gasteiger partial charge on any atom is 0.270 e. The summed E-state index contributed by atoms with van der Waals surface area (Å²) in [5, 5.41) is 11.0. The molecule has 0 radical (unpaired) electrons. The van der Waals surface area contributed by atoms with E-state index in [-0.39, 0.29) is 23.0 Å². The topological polar surface area (TPSA) is 114 Å². The first-order chi connectivity index (χ1) is 11.3. The fourth-order valence-corrected chi connectivity index (χ4v) is 6.13. The van der Waals surface area contributed by atoms with E-state index in [0.29, 0.717) is 13.1 Å². The van der Waals surface area contributed by atoms with Crippen LogP contribution < -0.4 is 10.5 Å². The van der Waals surface area contributed by atoms with E-state index in [0.717, 1.165) is 31.0 Å². The van der Waals surface area contributed by atoms with Gasteiger partial charge in [-0.3, -0.25) is 18.6 Å². The molecule has 1 aromatic rings. The number of rotatable bonds is 2. The van der Waals surface area contributed by atoms with Crippen LogP contribution in [0.5, 0.6) is 0 Å². The summed E-state index contributed by atoms with van der Waals surface area (Å²) >= 11 is 0. The van der Waals surface area contributed by atoms with Crippen LogP contribution in [0.25, 0.3) is 0 Å². The number of hydrogen-bond donors (Lipinski definition) is 3. The first-order valence-electron chi connectivity index (χ1n) is 7.67. The molecular weight excluding hydrogens is 337 g/mol. The van der Waals surface area contributed by atoms with Crippen LogP contribution in [0.4, 0.5) is 10.1 Å². The molecule has 0 spiro atoms. The van der Waals surface area contributed by atoms with Gasteiger partial charge in [0.15, 0.2) is 0 Å². The largest absolute Gasteiger partial charge is 0.369 e. The van der Waals surface area contributed by atoms with Gasteiger partial charge in [0.2, 0.25) is 5.96 Å². The molecule has 0 bridgehead atoms. The SMILES string of the molecule is C[C@@]1(c2cc([N+](=O)[O-])ccc2F)C[SH]2(=O)NCCCCN2C(N)=N1. The van der Waals surface area contributed by atoms with Crippen molar-refractivity contribution in [3.8, 4) is 0 Å². The quantitative estimate of drug-likeness (QED) is 0.413. The number of aliphatic imine (C=N–C) groups is 1. The molecule has 0 saturated carbocycles. The Morgan fingerprint density at radius 3 is 2.96 bits per heavy atom. The number of thiol groups is 1. The Labute approximate surface area is 139 Å². The van der Waals surface area contributed by atoms with E-state index in [4.69, 9.17) is 5.73 Å². The number of non-ortho nitro benzene ring substituents is 1. The molecule has 0 aliphatic carbocycles. The smallest absolute Gasteiger partial charge is 0.270 e. The molecule has 1 saturated heterocycles.